The van der Waals surface area contributed by atoms with Crippen LogP contribution >= 0.6 is 0 Å². The van der Waals surface area contributed by atoms with Crippen molar-refractivity contribution in [2.24, 2.45) is 11.7 Å². The summed E-state index contributed by atoms with van der Waals surface area (Å²) in [6, 6.07) is 6.02. The van der Waals surface area contributed by atoms with Crippen LogP contribution in [0.15, 0.2) is 24.3 Å². The summed E-state index contributed by atoms with van der Waals surface area (Å²) in [5.41, 5.74) is 6.91. The van der Waals surface area contributed by atoms with Gasteiger partial charge in [-0.25, -0.2) is 4.39 Å². The summed E-state index contributed by atoms with van der Waals surface area (Å²) in [5, 5.41) is 0. The highest BCUT2D eigenvalue weighted by Gasteiger charge is 2.30. The van der Waals surface area contributed by atoms with Crippen LogP contribution in [0.25, 0.3) is 0 Å². The predicted octanol–water partition coefficient (Wildman–Crippen LogP) is 3.09. The molecule has 1 saturated carbocycles. The fourth-order valence-electron chi connectivity index (χ4n) is 2.93. The lowest BCUT2D eigenvalue weighted by Crippen LogP contribution is -2.44. The Hall–Kier alpha value is -1.42. The first-order valence-electron chi connectivity index (χ1n) is 7.46. The number of hydrogen-bond donors (Lipinski definition) is 1. The molecule has 2 N–H and O–H groups in total. The average molecular weight is 278 g/mol. The van der Waals surface area contributed by atoms with E-state index in [0.29, 0.717) is 6.54 Å². The molecular weight excluding hydrogens is 255 g/mol. The van der Waals surface area contributed by atoms with E-state index in [4.69, 9.17) is 5.73 Å². The Bertz CT molecular complexity index is 446. The van der Waals surface area contributed by atoms with Gasteiger partial charge in [-0.3, -0.25) is 4.79 Å². The zero-order valence-corrected chi connectivity index (χ0v) is 12.0. The minimum absolute atomic E-state index is 0.0560. The van der Waals surface area contributed by atoms with E-state index in [-0.39, 0.29) is 23.7 Å². The minimum atomic E-state index is -0.289. The number of nitrogens with two attached hydrogens (primary N) is 1. The van der Waals surface area contributed by atoms with E-state index in [1.165, 1.54) is 12.1 Å². The van der Waals surface area contributed by atoms with Crippen LogP contribution < -0.4 is 10.6 Å². The molecule has 0 aliphatic heterocycles. The Kier molecular flexibility index (Phi) is 5.12. The third-order valence-corrected chi connectivity index (χ3v) is 4.11. The summed E-state index contributed by atoms with van der Waals surface area (Å²) in [5.74, 6) is -0.320. The van der Waals surface area contributed by atoms with Crippen LogP contribution in [0.3, 0.4) is 0 Å². The molecule has 0 aromatic heterocycles. The molecule has 0 radical (unpaired) electrons. The standard InChI is InChI=1S/C16H23FN2O/c1-2-19(13-10-8-12(17)9-11-13)16(20)14-6-4-3-5-7-15(14)18/h8-11,14-15H,2-7,18H2,1H3. The molecule has 20 heavy (non-hydrogen) atoms. The summed E-state index contributed by atoms with van der Waals surface area (Å²) in [6.07, 6.45) is 5.09. The van der Waals surface area contributed by atoms with Crippen molar-refractivity contribution >= 4 is 11.6 Å². The number of halogens is 1. The molecule has 0 bridgehead atoms. The highest BCUT2D eigenvalue weighted by Crippen LogP contribution is 2.26. The zero-order valence-electron chi connectivity index (χ0n) is 12.0. The summed E-state index contributed by atoms with van der Waals surface area (Å²) >= 11 is 0. The molecule has 0 heterocycles. The first-order valence-corrected chi connectivity index (χ1v) is 7.46. The second kappa shape index (κ2) is 6.84. The number of carbonyl (C=O) groups is 1. The lowest BCUT2D eigenvalue weighted by atomic mass is 9.93. The molecule has 3 nitrogen and oxygen atoms in total. The van der Waals surface area contributed by atoms with Crippen molar-refractivity contribution in [3.8, 4) is 0 Å². The molecule has 0 spiro atoms. The Morgan fingerprint density at radius 1 is 1.25 bits per heavy atom. The van der Waals surface area contributed by atoms with Gasteiger partial charge in [0.2, 0.25) is 5.91 Å². The van der Waals surface area contributed by atoms with Crippen LogP contribution in [0.4, 0.5) is 10.1 Å². The molecule has 110 valence electrons. The molecule has 1 aliphatic rings. The van der Waals surface area contributed by atoms with Gasteiger partial charge in [0.05, 0.1) is 5.92 Å². The van der Waals surface area contributed by atoms with E-state index in [2.05, 4.69) is 0 Å². The van der Waals surface area contributed by atoms with Gasteiger partial charge in [-0.15, -0.1) is 0 Å². The maximum Gasteiger partial charge on any atom is 0.231 e. The predicted molar refractivity (Wildman–Crippen MR) is 79.0 cm³/mol. The van der Waals surface area contributed by atoms with Crippen molar-refractivity contribution in [3.63, 3.8) is 0 Å². The average Bonchev–Trinajstić information content (AvgIpc) is 2.66. The van der Waals surface area contributed by atoms with Gasteiger partial charge in [-0.2, -0.15) is 0 Å². The highest BCUT2D eigenvalue weighted by molar-refractivity contribution is 5.95. The van der Waals surface area contributed by atoms with Crippen LogP contribution in [-0.4, -0.2) is 18.5 Å². The van der Waals surface area contributed by atoms with Crippen molar-refractivity contribution in [2.75, 3.05) is 11.4 Å². The third kappa shape index (κ3) is 3.37. The lowest BCUT2D eigenvalue weighted by Gasteiger charge is -2.28. The monoisotopic (exact) mass is 278 g/mol. The lowest BCUT2D eigenvalue weighted by molar-refractivity contribution is -0.123. The topological polar surface area (TPSA) is 46.3 Å². The maximum absolute atomic E-state index is 13.0. The molecule has 1 fully saturated rings. The van der Waals surface area contributed by atoms with E-state index in [1.54, 1.807) is 17.0 Å². The molecule has 1 amide bonds. The van der Waals surface area contributed by atoms with Gasteiger partial charge in [0.1, 0.15) is 5.82 Å². The van der Waals surface area contributed by atoms with Gasteiger partial charge in [-0.1, -0.05) is 19.3 Å². The summed E-state index contributed by atoms with van der Waals surface area (Å²) in [4.78, 5) is 14.4. The zero-order chi connectivity index (χ0) is 14.5. The molecule has 1 aliphatic carbocycles. The van der Waals surface area contributed by atoms with Gasteiger partial charge in [0, 0.05) is 18.3 Å². The second-order valence-electron chi connectivity index (χ2n) is 5.47. The number of hydrogen-bond acceptors (Lipinski definition) is 2. The number of carbonyl (C=O) groups excluding carboxylic acids is 1. The van der Waals surface area contributed by atoms with E-state index in [9.17, 15) is 9.18 Å². The van der Waals surface area contributed by atoms with Crippen molar-refractivity contribution in [1.82, 2.24) is 0 Å². The normalized spacial score (nSPS) is 23.1. The van der Waals surface area contributed by atoms with E-state index in [1.807, 2.05) is 6.92 Å². The fraction of sp³-hybridized carbons (Fsp3) is 0.562. The number of anilines is 1. The molecule has 2 unspecified atom stereocenters. The molecular formula is C16H23FN2O. The molecule has 1 aromatic rings. The maximum atomic E-state index is 13.0. The van der Waals surface area contributed by atoms with Crippen LogP contribution in [0.1, 0.15) is 39.0 Å². The van der Waals surface area contributed by atoms with Gasteiger partial charge >= 0.3 is 0 Å². The van der Waals surface area contributed by atoms with Crippen molar-refractivity contribution < 1.29 is 9.18 Å². The SMILES string of the molecule is CCN(C(=O)C1CCCCCC1N)c1ccc(F)cc1. The highest BCUT2D eigenvalue weighted by atomic mass is 19.1. The third-order valence-electron chi connectivity index (χ3n) is 4.11. The van der Waals surface area contributed by atoms with Crippen LogP contribution in [0, 0.1) is 11.7 Å². The number of nitrogens with zero attached hydrogens (tertiary/aromatic N) is 1. The largest absolute Gasteiger partial charge is 0.327 e. The van der Waals surface area contributed by atoms with Crippen LogP contribution in [0.5, 0.6) is 0 Å². The van der Waals surface area contributed by atoms with Crippen LogP contribution in [0.2, 0.25) is 0 Å². The Morgan fingerprint density at radius 2 is 1.90 bits per heavy atom. The molecule has 4 heteroatoms. The quantitative estimate of drug-likeness (QED) is 0.864. The first-order chi connectivity index (χ1) is 9.63. The van der Waals surface area contributed by atoms with Gasteiger partial charge in [0.25, 0.3) is 0 Å². The van der Waals surface area contributed by atoms with Crippen LogP contribution in [-0.2, 0) is 4.79 Å². The molecule has 0 saturated heterocycles. The number of amides is 1. The first kappa shape index (κ1) is 15.0. The second-order valence-corrected chi connectivity index (χ2v) is 5.47. The molecule has 1 aromatic carbocycles. The summed E-state index contributed by atoms with van der Waals surface area (Å²) < 4.78 is 13.0. The molecule has 2 rings (SSSR count). The van der Waals surface area contributed by atoms with E-state index >= 15 is 0 Å². The minimum Gasteiger partial charge on any atom is -0.327 e. The smallest absolute Gasteiger partial charge is 0.231 e. The van der Waals surface area contributed by atoms with Crippen molar-refractivity contribution in [1.29, 1.82) is 0 Å². The van der Waals surface area contributed by atoms with Crippen molar-refractivity contribution in [3.05, 3.63) is 30.1 Å². The summed E-state index contributed by atoms with van der Waals surface area (Å²) in [7, 11) is 0. The van der Waals surface area contributed by atoms with Gasteiger partial charge in [0.15, 0.2) is 0 Å². The Labute approximate surface area is 120 Å². The van der Waals surface area contributed by atoms with Gasteiger partial charge < -0.3 is 10.6 Å². The Morgan fingerprint density at radius 3 is 2.55 bits per heavy atom. The fourth-order valence-corrected chi connectivity index (χ4v) is 2.93. The van der Waals surface area contributed by atoms with E-state index in [0.717, 1.165) is 37.8 Å². The number of rotatable bonds is 3. The van der Waals surface area contributed by atoms with E-state index < -0.39 is 0 Å². The number of benzene rings is 1. The van der Waals surface area contributed by atoms with Gasteiger partial charge in [-0.05, 0) is 44.0 Å². The summed E-state index contributed by atoms with van der Waals surface area (Å²) in [6.45, 7) is 2.51. The Balaban J connectivity index is 2.17. The molecule has 2 atom stereocenters. The van der Waals surface area contributed by atoms with Crippen molar-refractivity contribution in [2.45, 2.75) is 45.1 Å².